The van der Waals surface area contributed by atoms with Gasteiger partial charge in [0.1, 0.15) is 0 Å². The zero-order valence-corrected chi connectivity index (χ0v) is 7.74. The van der Waals surface area contributed by atoms with Crippen molar-refractivity contribution < 1.29 is 4.52 Å². The molecule has 0 aliphatic carbocycles. The van der Waals surface area contributed by atoms with Crippen LogP contribution in [0.2, 0.25) is 0 Å². The molecular weight excluding hydrogens is 168 g/mol. The average Bonchev–Trinajstić information content (AvgIpc) is 2.51. The second kappa shape index (κ2) is 4.58. The normalized spacial score (nSPS) is 12.4. The highest BCUT2D eigenvalue weighted by Crippen LogP contribution is 1.95. The first-order valence-corrected chi connectivity index (χ1v) is 4.14. The first kappa shape index (κ1) is 9.68. The molecule has 0 aliphatic heterocycles. The summed E-state index contributed by atoms with van der Waals surface area (Å²) in [4.78, 5) is 4.03. The van der Waals surface area contributed by atoms with Crippen LogP contribution < -0.4 is 5.32 Å². The molecule has 1 aromatic rings. The Labute approximate surface area is 76.7 Å². The lowest BCUT2D eigenvalue weighted by Crippen LogP contribution is -2.26. The summed E-state index contributed by atoms with van der Waals surface area (Å²) in [5, 5.41) is 15.1. The van der Waals surface area contributed by atoms with Crippen LogP contribution in [-0.2, 0) is 6.42 Å². The van der Waals surface area contributed by atoms with E-state index in [1.165, 1.54) is 0 Å². The van der Waals surface area contributed by atoms with E-state index in [4.69, 9.17) is 9.78 Å². The molecule has 0 bridgehead atoms. The predicted octanol–water partition coefficient (Wildman–Crippen LogP) is 0.422. The Kier molecular flexibility index (Phi) is 3.41. The molecule has 1 atom stereocenters. The van der Waals surface area contributed by atoms with Crippen LogP contribution in [0.5, 0.6) is 0 Å². The van der Waals surface area contributed by atoms with Crippen molar-refractivity contribution in [2.75, 3.05) is 6.54 Å². The topological polar surface area (TPSA) is 74.7 Å². The SMILES string of the molecule is Cc1noc(CCNC(C)C#N)n1. The maximum atomic E-state index is 8.47. The van der Waals surface area contributed by atoms with Crippen molar-refractivity contribution in [3.05, 3.63) is 11.7 Å². The summed E-state index contributed by atoms with van der Waals surface area (Å²) in [5.41, 5.74) is 0. The first-order valence-electron chi connectivity index (χ1n) is 4.14. The Balaban J connectivity index is 2.25. The molecule has 0 radical (unpaired) electrons. The molecule has 0 amide bonds. The van der Waals surface area contributed by atoms with Crippen molar-refractivity contribution in [1.29, 1.82) is 5.26 Å². The fraction of sp³-hybridized carbons (Fsp3) is 0.625. The highest BCUT2D eigenvalue weighted by Gasteiger charge is 2.03. The molecule has 0 saturated heterocycles. The number of hydrogen-bond acceptors (Lipinski definition) is 5. The quantitative estimate of drug-likeness (QED) is 0.726. The molecule has 1 rings (SSSR count). The highest BCUT2D eigenvalue weighted by molar-refractivity contribution is 4.88. The van der Waals surface area contributed by atoms with Crippen LogP contribution in [0, 0.1) is 18.3 Å². The summed E-state index contributed by atoms with van der Waals surface area (Å²) in [5.74, 6) is 1.25. The van der Waals surface area contributed by atoms with Gasteiger partial charge in [-0.1, -0.05) is 5.16 Å². The van der Waals surface area contributed by atoms with Gasteiger partial charge in [0, 0.05) is 13.0 Å². The van der Waals surface area contributed by atoms with Crippen molar-refractivity contribution in [2.45, 2.75) is 26.3 Å². The van der Waals surface area contributed by atoms with Crippen LogP contribution in [0.4, 0.5) is 0 Å². The third kappa shape index (κ3) is 3.22. The number of hydrogen-bond donors (Lipinski definition) is 1. The summed E-state index contributed by atoms with van der Waals surface area (Å²) in [7, 11) is 0. The van der Waals surface area contributed by atoms with Crippen LogP contribution >= 0.6 is 0 Å². The van der Waals surface area contributed by atoms with Crippen molar-refractivity contribution in [1.82, 2.24) is 15.5 Å². The van der Waals surface area contributed by atoms with E-state index in [2.05, 4.69) is 21.5 Å². The smallest absolute Gasteiger partial charge is 0.227 e. The average molecular weight is 180 g/mol. The standard InChI is InChI=1S/C8H12N4O/c1-6(5-9)10-4-3-8-11-7(2)12-13-8/h6,10H,3-4H2,1-2H3. The number of nitriles is 1. The molecule has 0 fully saturated rings. The molecular formula is C8H12N4O. The largest absolute Gasteiger partial charge is 0.339 e. The van der Waals surface area contributed by atoms with Crippen molar-refractivity contribution in [3.8, 4) is 6.07 Å². The van der Waals surface area contributed by atoms with Gasteiger partial charge in [-0.2, -0.15) is 10.2 Å². The zero-order valence-electron chi connectivity index (χ0n) is 7.74. The number of aromatic nitrogens is 2. The molecule has 70 valence electrons. The van der Waals surface area contributed by atoms with Gasteiger partial charge in [0.2, 0.25) is 5.89 Å². The molecule has 5 heteroatoms. The van der Waals surface area contributed by atoms with E-state index >= 15 is 0 Å². The Morgan fingerprint density at radius 3 is 3.00 bits per heavy atom. The van der Waals surface area contributed by atoms with Gasteiger partial charge in [-0.15, -0.1) is 0 Å². The van der Waals surface area contributed by atoms with Gasteiger partial charge in [0.05, 0.1) is 12.1 Å². The minimum absolute atomic E-state index is 0.135. The lowest BCUT2D eigenvalue weighted by Gasteiger charge is -2.02. The Bertz CT molecular complexity index is 301. The molecule has 1 heterocycles. The van der Waals surface area contributed by atoms with Crippen LogP contribution in [0.1, 0.15) is 18.6 Å². The Morgan fingerprint density at radius 2 is 2.46 bits per heavy atom. The van der Waals surface area contributed by atoms with Gasteiger partial charge in [0.15, 0.2) is 5.82 Å². The van der Waals surface area contributed by atoms with Crippen LogP contribution in [0.15, 0.2) is 4.52 Å². The second-order valence-electron chi connectivity index (χ2n) is 2.79. The van der Waals surface area contributed by atoms with Crippen LogP contribution in [-0.4, -0.2) is 22.7 Å². The monoisotopic (exact) mass is 180 g/mol. The van der Waals surface area contributed by atoms with Gasteiger partial charge in [0.25, 0.3) is 0 Å². The maximum Gasteiger partial charge on any atom is 0.227 e. The summed E-state index contributed by atoms with van der Waals surface area (Å²) < 4.78 is 4.90. The number of rotatable bonds is 4. The molecule has 0 aliphatic rings. The van der Waals surface area contributed by atoms with E-state index in [0.717, 1.165) is 0 Å². The lowest BCUT2D eigenvalue weighted by molar-refractivity contribution is 0.371. The molecule has 1 unspecified atom stereocenters. The molecule has 1 N–H and O–H groups in total. The van der Waals surface area contributed by atoms with Gasteiger partial charge in [-0.3, -0.25) is 0 Å². The predicted molar refractivity (Wildman–Crippen MR) is 45.8 cm³/mol. The fourth-order valence-corrected chi connectivity index (χ4v) is 0.883. The van der Waals surface area contributed by atoms with Gasteiger partial charge < -0.3 is 9.84 Å². The lowest BCUT2D eigenvalue weighted by atomic mass is 10.3. The Morgan fingerprint density at radius 1 is 1.69 bits per heavy atom. The minimum atomic E-state index is -0.135. The van der Waals surface area contributed by atoms with E-state index in [9.17, 15) is 0 Å². The van der Waals surface area contributed by atoms with E-state index in [-0.39, 0.29) is 6.04 Å². The zero-order chi connectivity index (χ0) is 9.68. The number of nitrogens with zero attached hydrogens (tertiary/aromatic N) is 3. The third-order valence-electron chi connectivity index (χ3n) is 1.55. The Hall–Kier alpha value is -1.41. The molecule has 0 saturated carbocycles. The number of aryl methyl sites for hydroxylation is 1. The van der Waals surface area contributed by atoms with Crippen LogP contribution in [0.3, 0.4) is 0 Å². The molecule has 0 spiro atoms. The van der Waals surface area contributed by atoms with Crippen molar-refractivity contribution in [2.24, 2.45) is 0 Å². The van der Waals surface area contributed by atoms with Gasteiger partial charge >= 0.3 is 0 Å². The van der Waals surface area contributed by atoms with Crippen molar-refractivity contribution >= 4 is 0 Å². The van der Waals surface area contributed by atoms with E-state index < -0.39 is 0 Å². The minimum Gasteiger partial charge on any atom is -0.339 e. The summed E-state index contributed by atoms with van der Waals surface area (Å²) in [6.07, 6.45) is 0.660. The van der Waals surface area contributed by atoms with E-state index in [1.807, 2.05) is 0 Å². The summed E-state index contributed by atoms with van der Waals surface area (Å²) in [6, 6.07) is 1.94. The molecule has 13 heavy (non-hydrogen) atoms. The summed E-state index contributed by atoms with van der Waals surface area (Å²) >= 11 is 0. The van der Waals surface area contributed by atoms with E-state index in [0.29, 0.717) is 24.7 Å². The van der Waals surface area contributed by atoms with Gasteiger partial charge in [-0.05, 0) is 13.8 Å². The van der Waals surface area contributed by atoms with Crippen molar-refractivity contribution in [3.63, 3.8) is 0 Å². The molecule has 0 aromatic carbocycles. The maximum absolute atomic E-state index is 8.47. The molecule has 5 nitrogen and oxygen atoms in total. The highest BCUT2D eigenvalue weighted by atomic mass is 16.5. The second-order valence-corrected chi connectivity index (χ2v) is 2.79. The number of nitrogens with one attached hydrogen (secondary N) is 1. The van der Waals surface area contributed by atoms with Gasteiger partial charge in [-0.25, -0.2) is 0 Å². The third-order valence-corrected chi connectivity index (χ3v) is 1.55. The van der Waals surface area contributed by atoms with Crippen LogP contribution in [0.25, 0.3) is 0 Å². The first-order chi connectivity index (χ1) is 6.22. The summed E-state index contributed by atoms with van der Waals surface area (Å²) in [6.45, 7) is 4.26. The molecule has 1 aromatic heterocycles. The fourth-order valence-electron chi connectivity index (χ4n) is 0.883. The van der Waals surface area contributed by atoms with E-state index in [1.54, 1.807) is 13.8 Å².